The SMILES string of the molecule is Cc1cccc(C2CNCCC2C)c1C. The topological polar surface area (TPSA) is 12.0 Å². The minimum Gasteiger partial charge on any atom is -0.316 e. The fourth-order valence-electron chi connectivity index (χ4n) is 2.58. The predicted octanol–water partition coefficient (Wildman–Crippen LogP) is 3.02. The van der Waals surface area contributed by atoms with Crippen molar-refractivity contribution in [2.24, 2.45) is 5.92 Å². The van der Waals surface area contributed by atoms with Crippen molar-refractivity contribution in [3.63, 3.8) is 0 Å². The number of rotatable bonds is 1. The average molecular weight is 203 g/mol. The fourth-order valence-corrected chi connectivity index (χ4v) is 2.58. The number of hydrogen-bond donors (Lipinski definition) is 1. The van der Waals surface area contributed by atoms with E-state index in [9.17, 15) is 0 Å². The number of piperidine rings is 1. The standard InChI is InChI=1S/C14H21N/c1-10-5-4-6-13(12(10)3)14-9-15-8-7-11(14)2/h4-6,11,14-15H,7-9H2,1-3H3. The molecule has 1 saturated heterocycles. The summed E-state index contributed by atoms with van der Waals surface area (Å²) < 4.78 is 0. The van der Waals surface area contributed by atoms with Gasteiger partial charge in [0.05, 0.1) is 0 Å². The smallest absolute Gasteiger partial charge is 0.00228 e. The van der Waals surface area contributed by atoms with Gasteiger partial charge in [0.25, 0.3) is 0 Å². The maximum Gasteiger partial charge on any atom is 0.00228 e. The molecule has 1 N–H and O–H groups in total. The molecule has 0 aliphatic carbocycles. The molecule has 2 atom stereocenters. The Morgan fingerprint density at radius 2 is 2.07 bits per heavy atom. The molecule has 0 amide bonds. The molecule has 1 fully saturated rings. The number of benzene rings is 1. The van der Waals surface area contributed by atoms with Crippen LogP contribution in [0.1, 0.15) is 36.0 Å². The van der Waals surface area contributed by atoms with E-state index in [1.54, 1.807) is 5.56 Å². The maximum absolute atomic E-state index is 3.51. The number of aryl methyl sites for hydroxylation is 1. The van der Waals surface area contributed by atoms with Crippen molar-refractivity contribution in [3.8, 4) is 0 Å². The Bertz CT molecular complexity index is 343. The number of nitrogens with one attached hydrogen (secondary N) is 1. The second-order valence-electron chi connectivity index (χ2n) is 4.87. The lowest BCUT2D eigenvalue weighted by atomic mass is 9.80. The Balaban J connectivity index is 2.31. The lowest BCUT2D eigenvalue weighted by Crippen LogP contribution is -2.34. The highest BCUT2D eigenvalue weighted by atomic mass is 14.9. The molecular formula is C14H21N. The van der Waals surface area contributed by atoms with Gasteiger partial charge in [0.1, 0.15) is 0 Å². The van der Waals surface area contributed by atoms with Crippen LogP contribution in [0.15, 0.2) is 18.2 Å². The summed E-state index contributed by atoms with van der Waals surface area (Å²) >= 11 is 0. The first-order valence-electron chi connectivity index (χ1n) is 5.97. The van der Waals surface area contributed by atoms with Crippen LogP contribution in [0, 0.1) is 19.8 Å². The van der Waals surface area contributed by atoms with Crippen LogP contribution in [0.5, 0.6) is 0 Å². The van der Waals surface area contributed by atoms with Crippen molar-refractivity contribution in [1.29, 1.82) is 0 Å². The van der Waals surface area contributed by atoms with E-state index in [-0.39, 0.29) is 0 Å². The summed E-state index contributed by atoms with van der Waals surface area (Å²) in [6.45, 7) is 9.17. The summed E-state index contributed by atoms with van der Waals surface area (Å²) in [7, 11) is 0. The van der Waals surface area contributed by atoms with Crippen molar-refractivity contribution in [2.75, 3.05) is 13.1 Å². The highest BCUT2D eigenvalue weighted by Crippen LogP contribution is 2.31. The van der Waals surface area contributed by atoms with Crippen LogP contribution < -0.4 is 5.32 Å². The predicted molar refractivity (Wildman–Crippen MR) is 65.3 cm³/mol. The van der Waals surface area contributed by atoms with Crippen molar-refractivity contribution >= 4 is 0 Å². The summed E-state index contributed by atoms with van der Waals surface area (Å²) in [6, 6.07) is 6.70. The zero-order chi connectivity index (χ0) is 10.8. The Hall–Kier alpha value is -0.820. The van der Waals surface area contributed by atoms with Gasteiger partial charge in [-0.2, -0.15) is 0 Å². The normalized spacial score (nSPS) is 26.6. The second-order valence-corrected chi connectivity index (χ2v) is 4.87. The monoisotopic (exact) mass is 203 g/mol. The zero-order valence-corrected chi connectivity index (χ0v) is 10.0. The third kappa shape index (κ3) is 2.07. The van der Waals surface area contributed by atoms with Gasteiger partial charge in [-0.25, -0.2) is 0 Å². The lowest BCUT2D eigenvalue weighted by molar-refractivity contribution is 0.347. The molecule has 1 aromatic rings. The van der Waals surface area contributed by atoms with Crippen molar-refractivity contribution in [1.82, 2.24) is 5.32 Å². The second kappa shape index (κ2) is 4.36. The summed E-state index contributed by atoms with van der Waals surface area (Å²) in [5, 5.41) is 3.51. The highest BCUT2D eigenvalue weighted by Gasteiger charge is 2.23. The van der Waals surface area contributed by atoms with E-state index in [2.05, 4.69) is 44.3 Å². The molecule has 0 spiro atoms. The molecule has 1 nitrogen and oxygen atoms in total. The molecule has 2 unspecified atom stereocenters. The van der Waals surface area contributed by atoms with Crippen LogP contribution in [0.3, 0.4) is 0 Å². The first kappa shape index (κ1) is 10.7. The molecule has 82 valence electrons. The van der Waals surface area contributed by atoms with Gasteiger partial charge < -0.3 is 5.32 Å². The van der Waals surface area contributed by atoms with Crippen LogP contribution in [-0.2, 0) is 0 Å². The van der Waals surface area contributed by atoms with E-state index >= 15 is 0 Å². The number of hydrogen-bond acceptors (Lipinski definition) is 1. The van der Waals surface area contributed by atoms with Gasteiger partial charge in [-0.1, -0.05) is 25.1 Å². The Morgan fingerprint density at radius 3 is 2.80 bits per heavy atom. The Morgan fingerprint density at radius 1 is 1.27 bits per heavy atom. The van der Waals surface area contributed by atoms with E-state index in [0.29, 0.717) is 5.92 Å². The molecule has 2 rings (SSSR count). The molecule has 1 heteroatoms. The van der Waals surface area contributed by atoms with Crippen LogP contribution in [0.25, 0.3) is 0 Å². The van der Waals surface area contributed by atoms with Gasteiger partial charge >= 0.3 is 0 Å². The van der Waals surface area contributed by atoms with Crippen LogP contribution in [0.4, 0.5) is 0 Å². The quantitative estimate of drug-likeness (QED) is 0.740. The third-order valence-electron chi connectivity index (χ3n) is 3.87. The van der Waals surface area contributed by atoms with Crippen LogP contribution >= 0.6 is 0 Å². The first-order chi connectivity index (χ1) is 7.20. The molecule has 1 aliphatic rings. The molecule has 15 heavy (non-hydrogen) atoms. The molecule has 1 aromatic carbocycles. The summed E-state index contributed by atoms with van der Waals surface area (Å²) in [5.74, 6) is 1.52. The molecule has 0 radical (unpaired) electrons. The van der Waals surface area contributed by atoms with E-state index in [0.717, 1.165) is 12.5 Å². The van der Waals surface area contributed by atoms with E-state index in [1.807, 2.05) is 0 Å². The van der Waals surface area contributed by atoms with Gasteiger partial charge in [0.2, 0.25) is 0 Å². The van der Waals surface area contributed by atoms with Crippen molar-refractivity contribution < 1.29 is 0 Å². The van der Waals surface area contributed by atoms with E-state index in [1.165, 1.54) is 24.1 Å². The zero-order valence-electron chi connectivity index (χ0n) is 10.0. The van der Waals surface area contributed by atoms with E-state index < -0.39 is 0 Å². The molecule has 0 saturated carbocycles. The lowest BCUT2D eigenvalue weighted by Gasteiger charge is -2.31. The molecule has 0 aromatic heterocycles. The maximum atomic E-state index is 3.51. The summed E-state index contributed by atoms with van der Waals surface area (Å²) in [5.41, 5.74) is 4.46. The minimum absolute atomic E-state index is 0.707. The largest absolute Gasteiger partial charge is 0.316 e. The summed E-state index contributed by atoms with van der Waals surface area (Å²) in [6.07, 6.45) is 1.30. The van der Waals surface area contributed by atoms with Crippen LogP contribution in [0.2, 0.25) is 0 Å². The Kier molecular flexibility index (Phi) is 3.11. The average Bonchev–Trinajstić information content (AvgIpc) is 2.23. The van der Waals surface area contributed by atoms with Crippen molar-refractivity contribution in [3.05, 3.63) is 34.9 Å². The van der Waals surface area contributed by atoms with Gasteiger partial charge in [-0.3, -0.25) is 0 Å². The highest BCUT2D eigenvalue weighted by molar-refractivity contribution is 5.36. The fraction of sp³-hybridized carbons (Fsp3) is 0.571. The van der Waals surface area contributed by atoms with Crippen molar-refractivity contribution in [2.45, 2.75) is 33.1 Å². The van der Waals surface area contributed by atoms with Gasteiger partial charge in [-0.15, -0.1) is 0 Å². The molecule has 1 heterocycles. The molecular weight excluding hydrogens is 182 g/mol. The Labute approximate surface area is 92.9 Å². The first-order valence-corrected chi connectivity index (χ1v) is 5.97. The van der Waals surface area contributed by atoms with Gasteiger partial charge in [0, 0.05) is 6.54 Å². The molecule has 0 bridgehead atoms. The van der Waals surface area contributed by atoms with Gasteiger partial charge in [-0.05, 0) is 55.3 Å². The summed E-state index contributed by atoms with van der Waals surface area (Å²) in [4.78, 5) is 0. The van der Waals surface area contributed by atoms with Crippen LogP contribution in [-0.4, -0.2) is 13.1 Å². The van der Waals surface area contributed by atoms with E-state index in [4.69, 9.17) is 0 Å². The third-order valence-corrected chi connectivity index (χ3v) is 3.87. The molecule has 1 aliphatic heterocycles. The minimum atomic E-state index is 0.707. The van der Waals surface area contributed by atoms with Gasteiger partial charge in [0.15, 0.2) is 0 Å².